The van der Waals surface area contributed by atoms with Crippen molar-refractivity contribution in [2.45, 2.75) is 56.4 Å². The van der Waals surface area contributed by atoms with Gasteiger partial charge < -0.3 is 18.9 Å². The first-order chi connectivity index (χ1) is 16.9. The molecule has 10 nitrogen and oxygen atoms in total. The van der Waals surface area contributed by atoms with Crippen LogP contribution in [0, 0.1) is 0 Å². The molecule has 1 aliphatic rings. The number of para-hydroxylation sites is 1. The molecule has 2 aromatic carbocycles. The highest BCUT2D eigenvalue weighted by molar-refractivity contribution is 7.91. The molecular formula is C24H30N4O6S. The molecule has 1 saturated heterocycles. The first-order valence-corrected chi connectivity index (χ1v) is 13.2. The molecule has 0 N–H and O–H groups in total. The number of sulfone groups is 1. The minimum atomic E-state index is -3.95. The number of benzene rings is 2. The standard InChI is InChI=1S/C24H30N4O6S/c1-4-24(5-2)33-16-21(34-24)22(32-15-18-11-13-20(31-3)14-12-18)17-35(29,30)23-25-26-27-28(23)19-9-7-6-8-10-19/h6-14,21-22H,4-5,15-17H2,1-3H3/t21-,22-/m1/s1. The van der Waals surface area contributed by atoms with E-state index >= 15 is 0 Å². The van der Waals surface area contributed by atoms with Crippen LogP contribution < -0.4 is 4.74 Å². The van der Waals surface area contributed by atoms with E-state index in [9.17, 15) is 8.42 Å². The van der Waals surface area contributed by atoms with E-state index in [0.29, 0.717) is 18.5 Å². The molecule has 0 unspecified atom stereocenters. The van der Waals surface area contributed by atoms with Crippen LogP contribution in [0.2, 0.25) is 0 Å². The Bertz CT molecular complexity index is 1200. The lowest BCUT2D eigenvalue weighted by Crippen LogP contribution is -2.39. The lowest BCUT2D eigenvalue weighted by atomic mass is 10.1. The quantitative estimate of drug-likeness (QED) is 0.390. The summed E-state index contributed by atoms with van der Waals surface area (Å²) in [6.45, 7) is 4.38. The normalized spacial score (nSPS) is 18.4. The van der Waals surface area contributed by atoms with Crippen LogP contribution in [-0.2, 0) is 30.7 Å². The number of ether oxygens (including phenoxy) is 4. The van der Waals surface area contributed by atoms with Gasteiger partial charge in [0, 0.05) is 0 Å². The largest absolute Gasteiger partial charge is 0.497 e. The predicted octanol–water partition coefficient (Wildman–Crippen LogP) is 2.96. The molecule has 188 valence electrons. The van der Waals surface area contributed by atoms with E-state index in [2.05, 4.69) is 15.5 Å². The van der Waals surface area contributed by atoms with E-state index in [4.69, 9.17) is 18.9 Å². The third-order valence-electron chi connectivity index (χ3n) is 6.10. The van der Waals surface area contributed by atoms with Gasteiger partial charge in [0.05, 0.1) is 31.8 Å². The Kier molecular flexibility index (Phi) is 7.80. The number of aromatic nitrogens is 4. The van der Waals surface area contributed by atoms with Gasteiger partial charge in [0.2, 0.25) is 9.84 Å². The van der Waals surface area contributed by atoms with E-state index in [1.807, 2.05) is 44.2 Å². The molecule has 3 aromatic rings. The summed E-state index contributed by atoms with van der Waals surface area (Å²) in [4.78, 5) is 0. The van der Waals surface area contributed by atoms with Crippen molar-refractivity contribution < 1.29 is 27.4 Å². The second-order valence-corrected chi connectivity index (χ2v) is 10.2. The van der Waals surface area contributed by atoms with Gasteiger partial charge in [0.15, 0.2) is 5.79 Å². The molecule has 35 heavy (non-hydrogen) atoms. The van der Waals surface area contributed by atoms with Crippen LogP contribution in [0.15, 0.2) is 59.8 Å². The maximum Gasteiger partial charge on any atom is 0.272 e. The van der Waals surface area contributed by atoms with Crippen molar-refractivity contribution in [1.29, 1.82) is 0 Å². The highest BCUT2D eigenvalue weighted by Crippen LogP contribution is 2.33. The lowest BCUT2D eigenvalue weighted by Gasteiger charge is -2.27. The summed E-state index contributed by atoms with van der Waals surface area (Å²) in [7, 11) is -2.35. The van der Waals surface area contributed by atoms with Gasteiger partial charge in [-0.2, -0.15) is 4.68 Å². The van der Waals surface area contributed by atoms with E-state index < -0.39 is 27.8 Å². The van der Waals surface area contributed by atoms with Gasteiger partial charge in [0.1, 0.15) is 18.0 Å². The first kappa shape index (κ1) is 25.2. The van der Waals surface area contributed by atoms with Crippen LogP contribution in [0.4, 0.5) is 0 Å². The van der Waals surface area contributed by atoms with Crippen LogP contribution >= 0.6 is 0 Å². The number of tetrazole rings is 1. The summed E-state index contributed by atoms with van der Waals surface area (Å²) < 4.78 is 51.7. The van der Waals surface area contributed by atoms with Crippen molar-refractivity contribution in [3.63, 3.8) is 0 Å². The molecule has 1 aliphatic heterocycles. The average Bonchev–Trinajstić information content (AvgIpc) is 3.56. The molecule has 1 aromatic heterocycles. The van der Waals surface area contributed by atoms with Crippen molar-refractivity contribution in [2.24, 2.45) is 0 Å². The molecule has 4 rings (SSSR count). The van der Waals surface area contributed by atoms with Gasteiger partial charge in [-0.3, -0.25) is 0 Å². The summed E-state index contributed by atoms with van der Waals surface area (Å²) >= 11 is 0. The Morgan fingerprint density at radius 1 is 1.11 bits per heavy atom. The van der Waals surface area contributed by atoms with E-state index in [1.165, 1.54) is 4.68 Å². The van der Waals surface area contributed by atoms with Gasteiger partial charge in [-0.1, -0.05) is 49.3 Å². The summed E-state index contributed by atoms with van der Waals surface area (Å²) in [6, 6.07) is 16.3. The third-order valence-corrected chi connectivity index (χ3v) is 7.67. The SMILES string of the molecule is CCC1(CC)OC[C@H]([C@@H](CS(=O)(=O)c2nnnn2-c2ccccc2)OCc2ccc(OC)cc2)O1. The van der Waals surface area contributed by atoms with Crippen molar-refractivity contribution in [2.75, 3.05) is 19.5 Å². The molecule has 2 heterocycles. The molecule has 0 bridgehead atoms. The summed E-state index contributed by atoms with van der Waals surface area (Å²) in [5.41, 5.74) is 1.42. The Morgan fingerprint density at radius 2 is 1.83 bits per heavy atom. The minimum Gasteiger partial charge on any atom is -0.497 e. The fourth-order valence-electron chi connectivity index (χ4n) is 3.96. The zero-order valence-electron chi connectivity index (χ0n) is 20.0. The van der Waals surface area contributed by atoms with Gasteiger partial charge in [-0.15, -0.1) is 0 Å². The monoisotopic (exact) mass is 502 g/mol. The highest BCUT2D eigenvalue weighted by Gasteiger charge is 2.44. The number of hydrogen-bond donors (Lipinski definition) is 0. The van der Waals surface area contributed by atoms with Crippen molar-refractivity contribution in [3.05, 3.63) is 60.2 Å². The molecule has 1 fully saturated rings. The summed E-state index contributed by atoms with van der Waals surface area (Å²) in [5.74, 6) is -0.390. The lowest BCUT2D eigenvalue weighted by molar-refractivity contribution is -0.184. The van der Waals surface area contributed by atoms with Gasteiger partial charge in [0.25, 0.3) is 5.16 Å². The van der Waals surface area contributed by atoms with Gasteiger partial charge in [-0.25, -0.2) is 8.42 Å². The third kappa shape index (κ3) is 5.69. The second kappa shape index (κ2) is 10.8. The maximum absolute atomic E-state index is 13.5. The average molecular weight is 503 g/mol. The van der Waals surface area contributed by atoms with Crippen LogP contribution in [0.1, 0.15) is 32.3 Å². The molecule has 0 radical (unpaired) electrons. The van der Waals surface area contributed by atoms with Crippen LogP contribution in [0.3, 0.4) is 0 Å². The number of hydrogen-bond acceptors (Lipinski definition) is 9. The van der Waals surface area contributed by atoms with E-state index in [1.54, 1.807) is 31.4 Å². The highest BCUT2D eigenvalue weighted by atomic mass is 32.2. The first-order valence-electron chi connectivity index (χ1n) is 11.5. The molecule has 0 saturated carbocycles. The fraction of sp³-hybridized carbons (Fsp3) is 0.458. The molecule has 0 aliphatic carbocycles. The van der Waals surface area contributed by atoms with E-state index in [-0.39, 0.29) is 24.1 Å². The number of methoxy groups -OCH3 is 1. The van der Waals surface area contributed by atoms with Crippen molar-refractivity contribution in [3.8, 4) is 11.4 Å². The maximum atomic E-state index is 13.5. The smallest absolute Gasteiger partial charge is 0.272 e. The Balaban J connectivity index is 1.58. The Labute approximate surface area is 205 Å². The van der Waals surface area contributed by atoms with Crippen molar-refractivity contribution in [1.82, 2.24) is 20.2 Å². The van der Waals surface area contributed by atoms with Crippen molar-refractivity contribution >= 4 is 9.84 Å². The van der Waals surface area contributed by atoms with Gasteiger partial charge in [-0.05, 0) is 53.1 Å². The topological polar surface area (TPSA) is 115 Å². The zero-order chi connectivity index (χ0) is 24.9. The minimum absolute atomic E-state index is 0.193. The predicted molar refractivity (Wildman–Crippen MR) is 127 cm³/mol. The second-order valence-electron chi connectivity index (χ2n) is 8.27. The summed E-state index contributed by atoms with van der Waals surface area (Å²) in [6.07, 6.45) is -0.0824. The molecular weight excluding hydrogens is 472 g/mol. The number of nitrogens with zero attached hydrogens (tertiary/aromatic N) is 4. The zero-order valence-corrected chi connectivity index (χ0v) is 20.8. The number of rotatable bonds is 11. The van der Waals surface area contributed by atoms with Crippen LogP contribution in [-0.4, -0.2) is 66.1 Å². The Morgan fingerprint density at radius 3 is 2.46 bits per heavy atom. The van der Waals surface area contributed by atoms with Crippen LogP contribution in [0.5, 0.6) is 5.75 Å². The Hall–Kier alpha value is -2.86. The fourth-order valence-corrected chi connectivity index (χ4v) is 5.42. The molecule has 2 atom stereocenters. The molecule has 11 heteroatoms. The van der Waals surface area contributed by atoms with Crippen LogP contribution in [0.25, 0.3) is 5.69 Å². The molecule has 0 amide bonds. The molecule has 0 spiro atoms. The summed E-state index contributed by atoms with van der Waals surface area (Å²) in [5, 5.41) is 11.1. The van der Waals surface area contributed by atoms with Gasteiger partial charge >= 0.3 is 0 Å². The van der Waals surface area contributed by atoms with E-state index in [0.717, 1.165) is 11.3 Å².